The zero-order chi connectivity index (χ0) is 21.7. The molecule has 0 radical (unpaired) electrons. The van der Waals surface area contributed by atoms with Gasteiger partial charge in [-0.15, -0.1) is 0 Å². The van der Waals surface area contributed by atoms with Gasteiger partial charge < -0.3 is 14.6 Å². The van der Waals surface area contributed by atoms with E-state index in [1.165, 1.54) is 10.6 Å². The third-order valence-electron chi connectivity index (χ3n) is 5.21. The number of carboxylic acid groups (broad SMARTS) is 1. The molecular formula is C23H26N2O5. The molecule has 7 heteroatoms. The first kappa shape index (κ1) is 21.4. The SMILES string of the molecule is CCc1ccc([C@H]2CC(c3cc(OC)ccc3OC)=NN2C(=O)CCC(=O)O)cc1. The fraction of sp³-hybridized carbons (Fsp3) is 0.348. The minimum absolute atomic E-state index is 0.106. The van der Waals surface area contributed by atoms with E-state index in [0.717, 1.165) is 17.5 Å². The van der Waals surface area contributed by atoms with Crippen LogP contribution in [-0.4, -0.2) is 41.9 Å². The lowest BCUT2D eigenvalue weighted by atomic mass is 9.96. The van der Waals surface area contributed by atoms with Gasteiger partial charge in [0.15, 0.2) is 0 Å². The van der Waals surface area contributed by atoms with Crippen molar-refractivity contribution in [1.82, 2.24) is 5.01 Å². The highest BCUT2D eigenvalue weighted by molar-refractivity contribution is 6.05. The van der Waals surface area contributed by atoms with Crippen LogP contribution < -0.4 is 9.47 Å². The number of carboxylic acids is 1. The minimum atomic E-state index is -1.01. The van der Waals surface area contributed by atoms with E-state index in [4.69, 9.17) is 14.6 Å². The molecular weight excluding hydrogens is 384 g/mol. The molecule has 0 aromatic heterocycles. The number of aliphatic carboxylic acids is 1. The fourth-order valence-corrected chi connectivity index (χ4v) is 3.51. The number of amides is 1. The molecule has 0 aliphatic carbocycles. The molecule has 1 N–H and O–H groups in total. The van der Waals surface area contributed by atoms with Gasteiger partial charge in [-0.3, -0.25) is 9.59 Å². The van der Waals surface area contributed by atoms with Crippen molar-refractivity contribution in [1.29, 1.82) is 0 Å². The van der Waals surface area contributed by atoms with Crippen molar-refractivity contribution in [2.75, 3.05) is 14.2 Å². The molecule has 2 aromatic carbocycles. The highest BCUT2D eigenvalue weighted by Crippen LogP contribution is 2.36. The molecule has 158 valence electrons. The lowest BCUT2D eigenvalue weighted by Gasteiger charge is -2.22. The Morgan fingerprint density at radius 3 is 2.43 bits per heavy atom. The van der Waals surface area contributed by atoms with E-state index < -0.39 is 5.97 Å². The quantitative estimate of drug-likeness (QED) is 0.715. The Labute approximate surface area is 175 Å². The number of benzene rings is 2. The van der Waals surface area contributed by atoms with Crippen LogP contribution in [0.1, 0.15) is 48.9 Å². The summed E-state index contributed by atoms with van der Waals surface area (Å²) in [6, 6.07) is 13.2. The van der Waals surface area contributed by atoms with Gasteiger partial charge in [0, 0.05) is 18.4 Å². The number of aryl methyl sites for hydroxylation is 1. The lowest BCUT2D eigenvalue weighted by molar-refractivity contribution is -0.141. The molecule has 1 aliphatic heterocycles. The maximum atomic E-state index is 12.8. The van der Waals surface area contributed by atoms with Crippen LogP contribution in [-0.2, 0) is 16.0 Å². The summed E-state index contributed by atoms with van der Waals surface area (Å²) in [5, 5.41) is 15.0. The molecule has 1 heterocycles. The van der Waals surface area contributed by atoms with Gasteiger partial charge in [-0.05, 0) is 35.7 Å². The predicted molar refractivity (Wildman–Crippen MR) is 113 cm³/mol. The number of ether oxygens (including phenoxy) is 2. The predicted octanol–water partition coefficient (Wildman–Crippen LogP) is 3.81. The van der Waals surface area contributed by atoms with E-state index in [-0.39, 0.29) is 24.8 Å². The van der Waals surface area contributed by atoms with E-state index in [9.17, 15) is 9.59 Å². The lowest BCUT2D eigenvalue weighted by Crippen LogP contribution is -2.27. The van der Waals surface area contributed by atoms with Crippen molar-refractivity contribution in [3.8, 4) is 11.5 Å². The van der Waals surface area contributed by atoms with E-state index in [1.807, 2.05) is 30.3 Å². The largest absolute Gasteiger partial charge is 0.497 e. The number of carbonyl (C=O) groups excluding carboxylic acids is 1. The Morgan fingerprint density at radius 1 is 1.10 bits per heavy atom. The average molecular weight is 410 g/mol. The first-order valence-electron chi connectivity index (χ1n) is 9.89. The number of hydrazone groups is 1. The number of nitrogens with zero attached hydrogens (tertiary/aromatic N) is 2. The molecule has 0 unspecified atom stereocenters. The van der Waals surface area contributed by atoms with Crippen LogP contribution in [0.5, 0.6) is 11.5 Å². The molecule has 0 fully saturated rings. The first-order chi connectivity index (χ1) is 14.5. The number of carbonyl (C=O) groups is 2. The third kappa shape index (κ3) is 4.62. The molecule has 1 atom stereocenters. The number of hydrogen-bond acceptors (Lipinski definition) is 5. The maximum absolute atomic E-state index is 12.8. The van der Waals surface area contributed by atoms with Gasteiger partial charge in [0.2, 0.25) is 5.91 Å². The second-order valence-electron chi connectivity index (χ2n) is 7.06. The zero-order valence-electron chi connectivity index (χ0n) is 17.4. The van der Waals surface area contributed by atoms with E-state index >= 15 is 0 Å². The van der Waals surface area contributed by atoms with Gasteiger partial charge in [0.1, 0.15) is 11.5 Å². The topological polar surface area (TPSA) is 88.4 Å². The van der Waals surface area contributed by atoms with Crippen LogP contribution in [0.3, 0.4) is 0 Å². The van der Waals surface area contributed by atoms with Gasteiger partial charge in [-0.1, -0.05) is 31.2 Å². The first-order valence-corrected chi connectivity index (χ1v) is 9.89. The summed E-state index contributed by atoms with van der Waals surface area (Å²) >= 11 is 0. The molecule has 0 spiro atoms. The van der Waals surface area contributed by atoms with Gasteiger partial charge >= 0.3 is 5.97 Å². The summed E-state index contributed by atoms with van der Waals surface area (Å²) in [5.41, 5.74) is 3.60. The summed E-state index contributed by atoms with van der Waals surface area (Å²) in [5.74, 6) is -0.0358. The van der Waals surface area contributed by atoms with Crippen LogP contribution in [0, 0.1) is 0 Å². The Balaban J connectivity index is 1.98. The monoisotopic (exact) mass is 410 g/mol. The van der Waals surface area contributed by atoms with Crippen molar-refractivity contribution >= 4 is 17.6 Å². The van der Waals surface area contributed by atoms with Crippen LogP contribution in [0.4, 0.5) is 0 Å². The van der Waals surface area contributed by atoms with Crippen LogP contribution in [0.25, 0.3) is 0 Å². The average Bonchev–Trinajstić information content (AvgIpc) is 3.22. The van der Waals surface area contributed by atoms with Crippen molar-refractivity contribution in [2.45, 2.75) is 38.6 Å². The maximum Gasteiger partial charge on any atom is 0.303 e. The number of hydrogen-bond donors (Lipinski definition) is 1. The molecule has 3 rings (SSSR count). The van der Waals surface area contributed by atoms with E-state index in [1.54, 1.807) is 26.4 Å². The molecule has 1 amide bonds. The van der Waals surface area contributed by atoms with E-state index in [2.05, 4.69) is 12.0 Å². The summed E-state index contributed by atoms with van der Waals surface area (Å²) in [6.07, 6.45) is 1.08. The van der Waals surface area contributed by atoms with Gasteiger partial charge in [-0.2, -0.15) is 5.10 Å². The molecule has 7 nitrogen and oxygen atoms in total. The Hall–Kier alpha value is -3.35. The van der Waals surface area contributed by atoms with Gasteiger partial charge in [0.05, 0.1) is 32.4 Å². The van der Waals surface area contributed by atoms with Gasteiger partial charge in [0.25, 0.3) is 0 Å². The Morgan fingerprint density at radius 2 is 1.83 bits per heavy atom. The van der Waals surface area contributed by atoms with Crippen LogP contribution in [0.15, 0.2) is 47.6 Å². The molecule has 30 heavy (non-hydrogen) atoms. The molecule has 2 aromatic rings. The molecule has 0 saturated carbocycles. The summed E-state index contributed by atoms with van der Waals surface area (Å²) in [7, 11) is 3.17. The highest BCUT2D eigenvalue weighted by Gasteiger charge is 2.34. The minimum Gasteiger partial charge on any atom is -0.497 e. The van der Waals surface area contributed by atoms with Crippen LogP contribution >= 0.6 is 0 Å². The molecule has 1 aliphatic rings. The van der Waals surface area contributed by atoms with Crippen molar-refractivity contribution < 1.29 is 24.2 Å². The van der Waals surface area contributed by atoms with Crippen LogP contribution in [0.2, 0.25) is 0 Å². The normalized spacial score (nSPS) is 15.6. The zero-order valence-corrected chi connectivity index (χ0v) is 17.4. The van der Waals surface area contributed by atoms with E-state index in [0.29, 0.717) is 23.6 Å². The van der Waals surface area contributed by atoms with Gasteiger partial charge in [-0.25, -0.2) is 5.01 Å². The van der Waals surface area contributed by atoms with Crippen molar-refractivity contribution in [2.24, 2.45) is 5.10 Å². The summed E-state index contributed by atoms with van der Waals surface area (Å²) in [4.78, 5) is 23.8. The summed E-state index contributed by atoms with van der Waals surface area (Å²) < 4.78 is 10.8. The second kappa shape index (κ2) is 9.43. The third-order valence-corrected chi connectivity index (χ3v) is 5.21. The molecule has 0 bridgehead atoms. The second-order valence-corrected chi connectivity index (χ2v) is 7.06. The van der Waals surface area contributed by atoms with Crippen molar-refractivity contribution in [3.63, 3.8) is 0 Å². The Bertz CT molecular complexity index is 953. The Kier molecular flexibility index (Phi) is 6.72. The number of rotatable bonds is 8. The summed E-state index contributed by atoms with van der Waals surface area (Å²) in [6.45, 7) is 2.09. The van der Waals surface area contributed by atoms with Crippen molar-refractivity contribution in [3.05, 3.63) is 59.2 Å². The fourth-order valence-electron chi connectivity index (χ4n) is 3.51. The highest BCUT2D eigenvalue weighted by atomic mass is 16.5. The molecule has 0 saturated heterocycles. The standard InChI is InChI=1S/C23H26N2O5/c1-4-15-5-7-16(8-6-15)20-14-19(24-25(20)22(26)11-12-23(27)28)18-13-17(29-2)9-10-21(18)30-3/h5-10,13,20H,4,11-12,14H2,1-3H3,(H,27,28)/t20-/m1/s1. The number of methoxy groups -OCH3 is 2. The smallest absolute Gasteiger partial charge is 0.303 e.